The molecule has 1 unspecified atom stereocenters. The number of carbonyl (C=O) groups is 1. The molecule has 0 aliphatic carbocycles. The molecule has 0 bridgehead atoms. The molecule has 0 radical (unpaired) electrons. The molecule has 1 aliphatic rings. The standard InChI is InChI=1S/C22H23N3O3/c1-14(23)8-9-24-22(26)17-13-19(25-18-5-3-2-4-16(17)18)15-6-7-20-21(12-15)28-11-10-27-20/h2-7,12-14H,8-11,23H2,1H3,(H,24,26). The highest BCUT2D eigenvalue weighted by molar-refractivity contribution is 6.07. The van der Waals surface area contributed by atoms with Crippen LogP contribution >= 0.6 is 0 Å². The van der Waals surface area contributed by atoms with Gasteiger partial charge in [-0.2, -0.15) is 0 Å². The number of ether oxygens (including phenoxy) is 2. The van der Waals surface area contributed by atoms with Crippen LogP contribution in [0.1, 0.15) is 23.7 Å². The minimum Gasteiger partial charge on any atom is -0.486 e. The van der Waals surface area contributed by atoms with Crippen LogP contribution in [0.2, 0.25) is 0 Å². The summed E-state index contributed by atoms with van der Waals surface area (Å²) in [6.07, 6.45) is 0.726. The predicted molar refractivity (Wildman–Crippen MR) is 109 cm³/mol. The summed E-state index contributed by atoms with van der Waals surface area (Å²) in [6, 6.07) is 15.2. The van der Waals surface area contributed by atoms with E-state index in [4.69, 9.17) is 20.2 Å². The molecule has 6 heteroatoms. The Bertz CT molecular complexity index is 1020. The van der Waals surface area contributed by atoms with E-state index in [0.29, 0.717) is 36.8 Å². The fourth-order valence-electron chi connectivity index (χ4n) is 3.22. The van der Waals surface area contributed by atoms with Gasteiger partial charge in [-0.15, -0.1) is 0 Å². The Morgan fingerprint density at radius 1 is 1.14 bits per heavy atom. The molecule has 3 aromatic rings. The Morgan fingerprint density at radius 2 is 1.93 bits per heavy atom. The molecular weight excluding hydrogens is 354 g/mol. The fourth-order valence-corrected chi connectivity index (χ4v) is 3.22. The van der Waals surface area contributed by atoms with Crippen molar-refractivity contribution in [3.05, 3.63) is 54.1 Å². The summed E-state index contributed by atoms with van der Waals surface area (Å²) in [6.45, 7) is 3.53. The third kappa shape index (κ3) is 3.77. The second-order valence-corrected chi connectivity index (χ2v) is 6.95. The number of pyridine rings is 1. The smallest absolute Gasteiger partial charge is 0.252 e. The number of aromatic nitrogens is 1. The van der Waals surface area contributed by atoms with Gasteiger partial charge in [0.15, 0.2) is 11.5 Å². The highest BCUT2D eigenvalue weighted by Crippen LogP contribution is 2.35. The maximum absolute atomic E-state index is 12.8. The maximum Gasteiger partial charge on any atom is 0.252 e. The van der Waals surface area contributed by atoms with Crippen molar-refractivity contribution in [1.82, 2.24) is 10.3 Å². The normalized spacial score (nSPS) is 13.9. The first-order chi connectivity index (χ1) is 13.6. The lowest BCUT2D eigenvalue weighted by molar-refractivity contribution is 0.0954. The molecule has 28 heavy (non-hydrogen) atoms. The lowest BCUT2D eigenvalue weighted by Gasteiger charge is -2.19. The number of nitrogens with zero attached hydrogens (tertiary/aromatic N) is 1. The molecule has 0 saturated carbocycles. The van der Waals surface area contributed by atoms with E-state index in [9.17, 15) is 4.79 Å². The van der Waals surface area contributed by atoms with Crippen LogP contribution in [0.3, 0.4) is 0 Å². The average Bonchev–Trinajstić information content (AvgIpc) is 2.72. The molecule has 0 saturated heterocycles. The van der Waals surface area contributed by atoms with Gasteiger partial charge in [0.1, 0.15) is 13.2 Å². The van der Waals surface area contributed by atoms with Gasteiger partial charge in [-0.1, -0.05) is 18.2 Å². The van der Waals surface area contributed by atoms with Gasteiger partial charge in [0.25, 0.3) is 5.91 Å². The predicted octanol–water partition coefficient (Wildman–Crippen LogP) is 3.14. The number of carbonyl (C=O) groups excluding carboxylic acids is 1. The van der Waals surface area contributed by atoms with Crippen molar-refractivity contribution in [3.8, 4) is 22.8 Å². The molecule has 0 spiro atoms. The van der Waals surface area contributed by atoms with Gasteiger partial charge in [0.05, 0.1) is 16.8 Å². The summed E-state index contributed by atoms with van der Waals surface area (Å²) >= 11 is 0. The number of hydrogen-bond acceptors (Lipinski definition) is 5. The van der Waals surface area contributed by atoms with E-state index in [0.717, 1.165) is 28.6 Å². The molecule has 0 fully saturated rings. The SMILES string of the molecule is CC(N)CCNC(=O)c1cc(-c2ccc3c(c2)OCCO3)nc2ccccc12. The van der Waals surface area contributed by atoms with E-state index < -0.39 is 0 Å². The Balaban J connectivity index is 1.73. The summed E-state index contributed by atoms with van der Waals surface area (Å²) in [5.41, 5.74) is 8.74. The van der Waals surface area contributed by atoms with E-state index >= 15 is 0 Å². The number of amides is 1. The fraction of sp³-hybridized carbons (Fsp3) is 0.273. The van der Waals surface area contributed by atoms with E-state index in [1.54, 1.807) is 0 Å². The summed E-state index contributed by atoms with van der Waals surface area (Å²) in [4.78, 5) is 17.6. The molecule has 2 heterocycles. The Morgan fingerprint density at radius 3 is 2.75 bits per heavy atom. The highest BCUT2D eigenvalue weighted by Gasteiger charge is 2.16. The monoisotopic (exact) mass is 377 g/mol. The summed E-state index contributed by atoms with van der Waals surface area (Å²) < 4.78 is 11.3. The highest BCUT2D eigenvalue weighted by atomic mass is 16.6. The maximum atomic E-state index is 12.8. The van der Waals surface area contributed by atoms with Gasteiger partial charge in [0, 0.05) is 23.5 Å². The second kappa shape index (κ2) is 7.86. The molecule has 144 valence electrons. The quantitative estimate of drug-likeness (QED) is 0.713. The van der Waals surface area contributed by atoms with Crippen LogP contribution in [-0.2, 0) is 0 Å². The number of nitrogens with two attached hydrogens (primary N) is 1. The molecule has 2 aromatic carbocycles. The Kier molecular flexibility index (Phi) is 5.12. The van der Waals surface area contributed by atoms with E-state index in [2.05, 4.69) is 5.32 Å². The summed E-state index contributed by atoms with van der Waals surface area (Å²) in [5.74, 6) is 1.30. The number of fused-ring (bicyclic) bond motifs is 2. The van der Waals surface area contributed by atoms with Gasteiger partial charge < -0.3 is 20.5 Å². The number of hydrogen-bond donors (Lipinski definition) is 2. The van der Waals surface area contributed by atoms with Gasteiger partial charge in [-0.3, -0.25) is 4.79 Å². The zero-order valence-electron chi connectivity index (χ0n) is 15.8. The zero-order valence-corrected chi connectivity index (χ0v) is 15.8. The summed E-state index contributed by atoms with van der Waals surface area (Å²) in [7, 11) is 0. The second-order valence-electron chi connectivity index (χ2n) is 6.95. The Hall–Kier alpha value is -3.12. The average molecular weight is 377 g/mol. The largest absolute Gasteiger partial charge is 0.486 e. The first kappa shape index (κ1) is 18.3. The van der Waals surface area contributed by atoms with E-state index in [1.807, 2.05) is 55.5 Å². The van der Waals surface area contributed by atoms with Gasteiger partial charge >= 0.3 is 0 Å². The number of benzene rings is 2. The van der Waals surface area contributed by atoms with Gasteiger partial charge in [-0.25, -0.2) is 4.98 Å². The minimum atomic E-state index is -0.127. The van der Waals surface area contributed by atoms with Crippen LogP contribution < -0.4 is 20.5 Å². The van der Waals surface area contributed by atoms with Crippen LogP contribution in [-0.4, -0.2) is 36.7 Å². The third-order valence-electron chi connectivity index (χ3n) is 4.68. The molecule has 1 aromatic heterocycles. The number of rotatable bonds is 5. The molecule has 1 amide bonds. The minimum absolute atomic E-state index is 0.0442. The Labute approximate surface area is 163 Å². The van der Waals surface area contributed by atoms with Crippen molar-refractivity contribution in [2.45, 2.75) is 19.4 Å². The van der Waals surface area contributed by atoms with Gasteiger partial charge in [0.2, 0.25) is 0 Å². The molecule has 6 nitrogen and oxygen atoms in total. The molecule has 4 rings (SSSR count). The van der Waals surface area contributed by atoms with Crippen LogP contribution in [0.25, 0.3) is 22.2 Å². The topological polar surface area (TPSA) is 86.5 Å². The summed E-state index contributed by atoms with van der Waals surface area (Å²) in [5, 5.41) is 3.78. The van der Waals surface area contributed by atoms with Crippen LogP contribution in [0, 0.1) is 0 Å². The number of nitrogens with one attached hydrogen (secondary N) is 1. The molecular formula is C22H23N3O3. The zero-order chi connectivity index (χ0) is 19.5. The lowest BCUT2D eigenvalue weighted by atomic mass is 10.0. The molecule has 1 atom stereocenters. The van der Waals surface area contributed by atoms with E-state index in [-0.39, 0.29) is 11.9 Å². The first-order valence-corrected chi connectivity index (χ1v) is 9.45. The number of para-hydroxylation sites is 1. The van der Waals surface area contributed by atoms with E-state index in [1.165, 1.54) is 0 Å². The van der Waals surface area contributed by atoms with Crippen molar-refractivity contribution in [2.24, 2.45) is 5.73 Å². The van der Waals surface area contributed by atoms with Crippen molar-refractivity contribution < 1.29 is 14.3 Å². The molecule has 3 N–H and O–H groups in total. The van der Waals surface area contributed by atoms with Gasteiger partial charge in [-0.05, 0) is 43.7 Å². The molecule has 1 aliphatic heterocycles. The van der Waals surface area contributed by atoms with Crippen molar-refractivity contribution >= 4 is 16.8 Å². The third-order valence-corrected chi connectivity index (χ3v) is 4.68. The van der Waals surface area contributed by atoms with Crippen molar-refractivity contribution in [1.29, 1.82) is 0 Å². The van der Waals surface area contributed by atoms with Crippen molar-refractivity contribution in [3.63, 3.8) is 0 Å². The van der Waals surface area contributed by atoms with Crippen LogP contribution in [0.4, 0.5) is 0 Å². The lowest BCUT2D eigenvalue weighted by Crippen LogP contribution is -2.29. The van der Waals surface area contributed by atoms with Crippen LogP contribution in [0.15, 0.2) is 48.5 Å². The van der Waals surface area contributed by atoms with Crippen LogP contribution in [0.5, 0.6) is 11.5 Å². The van der Waals surface area contributed by atoms with Crippen molar-refractivity contribution in [2.75, 3.05) is 19.8 Å². The first-order valence-electron chi connectivity index (χ1n) is 9.45.